The first kappa shape index (κ1) is 20.7. The van der Waals surface area contributed by atoms with Gasteiger partial charge in [0.1, 0.15) is 11.6 Å². The van der Waals surface area contributed by atoms with Crippen molar-refractivity contribution in [2.45, 2.75) is 12.6 Å². The molecule has 2 aromatic rings. The fraction of sp³-hybridized carbons (Fsp3) is 0.211. The molecule has 4 amide bonds. The molecule has 1 heterocycles. The lowest BCUT2D eigenvalue weighted by Gasteiger charge is -2.15. The fourth-order valence-electron chi connectivity index (χ4n) is 2.66. The van der Waals surface area contributed by atoms with E-state index in [1.165, 1.54) is 0 Å². The second kappa shape index (κ2) is 9.01. The van der Waals surface area contributed by atoms with Crippen molar-refractivity contribution in [1.82, 2.24) is 10.2 Å². The van der Waals surface area contributed by atoms with Crippen LogP contribution in [0.5, 0.6) is 0 Å². The molecule has 1 aliphatic rings. The van der Waals surface area contributed by atoms with Crippen LogP contribution in [0.3, 0.4) is 0 Å². The Bertz CT molecular complexity index is 924. The summed E-state index contributed by atoms with van der Waals surface area (Å²) in [6.07, 6.45) is -1.34. The maximum atomic E-state index is 13.6. The van der Waals surface area contributed by atoms with Crippen molar-refractivity contribution in [2.24, 2.45) is 0 Å². The number of urea groups is 1. The zero-order chi connectivity index (χ0) is 21.0. The number of aliphatic hydroxyl groups excluding tert-OH is 1. The van der Waals surface area contributed by atoms with E-state index in [1.807, 2.05) is 0 Å². The summed E-state index contributed by atoms with van der Waals surface area (Å²) in [5.41, 5.74) is 1.05. The van der Waals surface area contributed by atoms with Crippen molar-refractivity contribution in [3.05, 3.63) is 65.2 Å². The van der Waals surface area contributed by atoms with E-state index in [0.717, 1.165) is 34.4 Å². The molecule has 3 rings (SSSR count). The molecule has 0 bridgehead atoms. The van der Waals surface area contributed by atoms with Gasteiger partial charge in [-0.1, -0.05) is 30.0 Å². The topological polar surface area (TPSA) is 98.7 Å². The van der Waals surface area contributed by atoms with Crippen molar-refractivity contribution in [3.8, 4) is 0 Å². The lowest BCUT2D eigenvalue weighted by atomic mass is 10.1. The molecular formula is C19H17F2N3O4S. The summed E-state index contributed by atoms with van der Waals surface area (Å²) < 4.78 is 26.5. The molecule has 10 heteroatoms. The van der Waals surface area contributed by atoms with Crippen molar-refractivity contribution in [1.29, 1.82) is 0 Å². The third kappa shape index (κ3) is 5.30. The Kier molecular flexibility index (Phi) is 6.45. The Hall–Kier alpha value is -2.98. The molecule has 1 fully saturated rings. The summed E-state index contributed by atoms with van der Waals surface area (Å²) in [6.45, 7) is -0.115. The SMILES string of the molecule is O=C(NCC(O)c1ccc(F)cc1F)Nc1ccc(CN2C(=O)CSC2=O)cc1. The number of anilines is 1. The third-order valence-electron chi connectivity index (χ3n) is 4.17. The average molecular weight is 421 g/mol. The van der Waals surface area contributed by atoms with Gasteiger partial charge in [0.2, 0.25) is 5.91 Å². The van der Waals surface area contributed by atoms with Crippen LogP contribution in [0.15, 0.2) is 42.5 Å². The van der Waals surface area contributed by atoms with Gasteiger partial charge in [-0.3, -0.25) is 14.5 Å². The zero-order valence-corrected chi connectivity index (χ0v) is 15.8. The van der Waals surface area contributed by atoms with Gasteiger partial charge in [-0.15, -0.1) is 0 Å². The smallest absolute Gasteiger partial charge is 0.319 e. The third-order valence-corrected chi connectivity index (χ3v) is 5.03. The number of imide groups is 1. The molecule has 1 atom stereocenters. The van der Waals surface area contributed by atoms with E-state index in [0.29, 0.717) is 11.8 Å². The zero-order valence-electron chi connectivity index (χ0n) is 15.0. The number of thioether (sulfide) groups is 1. The Morgan fingerprint density at radius 2 is 1.90 bits per heavy atom. The Labute approximate surface area is 169 Å². The number of carbonyl (C=O) groups is 3. The number of halogens is 2. The van der Waals surface area contributed by atoms with Crippen LogP contribution in [0.2, 0.25) is 0 Å². The van der Waals surface area contributed by atoms with E-state index in [9.17, 15) is 28.3 Å². The number of rotatable bonds is 6. The van der Waals surface area contributed by atoms with E-state index < -0.39 is 23.8 Å². The lowest BCUT2D eigenvalue weighted by Crippen LogP contribution is -2.32. The normalized spacial score (nSPS) is 14.8. The lowest BCUT2D eigenvalue weighted by molar-refractivity contribution is -0.125. The van der Waals surface area contributed by atoms with Crippen LogP contribution in [-0.2, 0) is 11.3 Å². The molecule has 1 unspecified atom stereocenters. The summed E-state index contributed by atoms with van der Waals surface area (Å²) >= 11 is 0.962. The molecule has 29 heavy (non-hydrogen) atoms. The second-order valence-corrected chi connectivity index (χ2v) is 7.17. The molecule has 0 saturated carbocycles. The van der Waals surface area contributed by atoms with Crippen molar-refractivity contribution < 1.29 is 28.3 Å². The van der Waals surface area contributed by atoms with E-state index in [1.54, 1.807) is 24.3 Å². The molecular weight excluding hydrogens is 404 g/mol. The largest absolute Gasteiger partial charge is 0.386 e. The number of hydrogen-bond donors (Lipinski definition) is 3. The number of aliphatic hydroxyl groups is 1. The molecule has 1 aliphatic heterocycles. The fourth-order valence-corrected chi connectivity index (χ4v) is 3.38. The number of nitrogens with zero attached hydrogens (tertiary/aromatic N) is 1. The number of hydrogen-bond acceptors (Lipinski definition) is 5. The van der Waals surface area contributed by atoms with Crippen molar-refractivity contribution in [2.75, 3.05) is 17.6 Å². The predicted octanol–water partition coefficient (Wildman–Crippen LogP) is 3.02. The van der Waals surface area contributed by atoms with Gasteiger partial charge in [-0.2, -0.15) is 0 Å². The van der Waals surface area contributed by atoms with Crippen LogP contribution < -0.4 is 10.6 Å². The summed E-state index contributed by atoms with van der Waals surface area (Å²) in [5.74, 6) is -1.75. The standard InChI is InChI=1S/C19H17F2N3O4S/c20-12-3-6-14(15(21)7-12)16(25)8-22-18(27)23-13-4-1-11(2-5-13)9-24-17(26)10-29-19(24)28/h1-7,16,25H,8-10H2,(H2,22,23,27). The van der Waals surface area contributed by atoms with E-state index >= 15 is 0 Å². The van der Waals surface area contributed by atoms with E-state index in [4.69, 9.17) is 0 Å². The first-order valence-corrected chi connectivity index (χ1v) is 9.56. The highest BCUT2D eigenvalue weighted by molar-refractivity contribution is 8.14. The van der Waals surface area contributed by atoms with Gasteiger partial charge >= 0.3 is 6.03 Å². The highest BCUT2D eigenvalue weighted by atomic mass is 32.2. The molecule has 1 saturated heterocycles. The van der Waals surface area contributed by atoms with Gasteiger partial charge in [0.15, 0.2) is 0 Å². The van der Waals surface area contributed by atoms with E-state index in [2.05, 4.69) is 10.6 Å². The first-order valence-electron chi connectivity index (χ1n) is 8.57. The van der Waals surface area contributed by atoms with Gasteiger partial charge < -0.3 is 15.7 Å². The summed E-state index contributed by atoms with van der Waals surface area (Å²) in [4.78, 5) is 36.3. The maximum absolute atomic E-state index is 13.6. The van der Waals surface area contributed by atoms with Crippen LogP contribution in [0.25, 0.3) is 0 Å². The molecule has 0 aliphatic carbocycles. The van der Waals surface area contributed by atoms with Crippen LogP contribution in [0.4, 0.5) is 24.1 Å². The molecule has 0 radical (unpaired) electrons. The summed E-state index contributed by atoms with van der Waals surface area (Å²) in [7, 11) is 0. The Balaban J connectivity index is 1.50. The maximum Gasteiger partial charge on any atom is 0.319 e. The van der Waals surface area contributed by atoms with Crippen LogP contribution in [0.1, 0.15) is 17.2 Å². The highest BCUT2D eigenvalue weighted by Crippen LogP contribution is 2.22. The minimum Gasteiger partial charge on any atom is -0.386 e. The van der Waals surface area contributed by atoms with Gasteiger partial charge in [0.05, 0.1) is 18.4 Å². The van der Waals surface area contributed by atoms with Crippen molar-refractivity contribution in [3.63, 3.8) is 0 Å². The average Bonchev–Trinajstić information content (AvgIpc) is 2.99. The number of nitrogens with one attached hydrogen (secondary N) is 2. The minimum atomic E-state index is -1.34. The van der Waals surface area contributed by atoms with Crippen molar-refractivity contribution >= 4 is 34.6 Å². The molecule has 7 nitrogen and oxygen atoms in total. The Morgan fingerprint density at radius 3 is 2.52 bits per heavy atom. The quantitative estimate of drug-likeness (QED) is 0.666. The predicted molar refractivity (Wildman–Crippen MR) is 103 cm³/mol. The minimum absolute atomic E-state index is 0.125. The number of benzene rings is 2. The second-order valence-electron chi connectivity index (χ2n) is 6.25. The number of carbonyl (C=O) groups excluding carboxylic acids is 3. The molecule has 3 N–H and O–H groups in total. The monoisotopic (exact) mass is 421 g/mol. The number of amides is 4. The van der Waals surface area contributed by atoms with E-state index in [-0.39, 0.29) is 35.6 Å². The molecule has 0 aromatic heterocycles. The molecule has 0 spiro atoms. The van der Waals surface area contributed by atoms with Gasteiger partial charge in [-0.25, -0.2) is 13.6 Å². The van der Waals surface area contributed by atoms with Crippen LogP contribution >= 0.6 is 11.8 Å². The molecule has 2 aromatic carbocycles. The van der Waals surface area contributed by atoms with Crippen LogP contribution in [-0.4, -0.2) is 39.5 Å². The Morgan fingerprint density at radius 1 is 1.17 bits per heavy atom. The molecule has 152 valence electrons. The van der Waals surface area contributed by atoms with Crippen LogP contribution in [0, 0.1) is 11.6 Å². The van der Waals surface area contributed by atoms with Gasteiger partial charge in [0, 0.05) is 23.9 Å². The summed E-state index contributed by atoms with van der Waals surface area (Å²) in [5, 5.41) is 14.6. The van der Waals surface area contributed by atoms with Gasteiger partial charge in [0.25, 0.3) is 5.24 Å². The highest BCUT2D eigenvalue weighted by Gasteiger charge is 2.29. The first-order chi connectivity index (χ1) is 13.8. The van der Waals surface area contributed by atoms with Gasteiger partial charge in [-0.05, 0) is 23.8 Å². The summed E-state index contributed by atoms with van der Waals surface area (Å²) in [6, 6.07) is 8.70.